The molecule has 28 heavy (non-hydrogen) atoms. The van der Waals surface area contributed by atoms with Crippen LogP contribution in [0.25, 0.3) is 11.3 Å². The minimum atomic E-state index is -0.0782. The zero-order valence-corrected chi connectivity index (χ0v) is 17.3. The molecule has 0 fully saturated rings. The molecule has 3 rings (SSSR count). The fraction of sp³-hybridized carbons (Fsp3) is 0.273. The van der Waals surface area contributed by atoms with Crippen LogP contribution in [-0.2, 0) is 11.2 Å². The third-order valence-electron chi connectivity index (χ3n) is 4.44. The Kier molecular flexibility index (Phi) is 6.31. The van der Waals surface area contributed by atoms with E-state index in [1.54, 1.807) is 14.2 Å². The van der Waals surface area contributed by atoms with Gasteiger partial charge in [-0.2, -0.15) is 0 Å². The summed E-state index contributed by atoms with van der Waals surface area (Å²) in [6.07, 6.45) is 0.323. The van der Waals surface area contributed by atoms with Crippen molar-refractivity contribution in [2.75, 3.05) is 19.5 Å². The quantitative estimate of drug-likeness (QED) is 0.601. The van der Waals surface area contributed by atoms with Gasteiger partial charge in [-0.25, -0.2) is 4.98 Å². The maximum absolute atomic E-state index is 12.3. The van der Waals surface area contributed by atoms with Crippen LogP contribution >= 0.6 is 11.3 Å². The topological polar surface area (TPSA) is 60.5 Å². The van der Waals surface area contributed by atoms with E-state index >= 15 is 0 Å². The summed E-state index contributed by atoms with van der Waals surface area (Å²) in [4.78, 5) is 16.9. The van der Waals surface area contributed by atoms with Crippen molar-refractivity contribution in [2.24, 2.45) is 0 Å². The first-order valence-corrected chi connectivity index (χ1v) is 9.94. The van der Waals surface area contributed by atoms with Crippen LogP contribution in [0.15, 0.2) is 47.8 Å². The molecule has 0 unspecified atom stereocenters. The van der Waals surface area contributed by atoms with Crippen LogP contribution in [0.3, 0.4) is 0 Å². The SMILES string of the molecule is COc1ccc(-c2csc(NC(=O)Cc3ccc(C(C)C)cc3)n2)cc1OC. The molecule has 6 heteroatoms. The van der Waals surface area contributed by atoms with Gasteiger partial charge in [0.15, 0.2) is 16.6 Å². The van der Waals surface area contributed by atoms with Gasteiger partial charge in [0.2, 0.25) is 5.91 Å². The number of rotatable bonds is 7. The van der Waals surface area contributed by atoms with Crippen LogP contribution in [-0.4, -0.2) is 25.1 Å². The van der Waals surface area contributed by atoms with E-state index in [1.807, 2.05) is 35.7 Å². The normalized spacial score (nSPS) is 10.8. The van der Waals surface area contributed by atoms with Crippen molar-refractivity contribution >= 4 is 22.4 Å². The summed E-state index contributed by atoms with van der Waals surface area (Å²) in [5.74, 6) is 1.71. The molecule has 0 atom stereocenters. The second kappa shape index (κ2) is 8.89. The predicted molar refractivity (Wildman–Crippen MR) is 114 cm³/mol. The molecule has 0 bridgehead atoms. The minimum Gasteiger partial charge on any atom is -0.493 e. The maximum atomic E-state index is 12.3. The highest BCUT2D eigenvalue weighted by Crippen LogP contribution is 2.33. The van der Waals surface area contributed by atoms with Crippen molar-refractivity contribution in [3.05, 3.63) is 59.0 Å². The number of carbonyl (C=O) groups is 1. The van der Waals surface area contributed by atoms with Gasteiger partial charge in [0.05, 0.1) is 26.3 Å². The van der Waals surface area contributed by atoms with Crippen LogP contribution < -0.4 is 14.8 Å². The fourth-order valence-electron chi connectivity index (χ4n) is 2.83. The summed E-state index contributed by atoms with van der Waals surface area (Å²) < 4.78 is 10.6. The number of hydrogen-bond donors (Lipinski definition) is 1. The Morgan fingerprint density at radius 2 is 1.79 bits per heavy atom. The van der Waals surface area contributed by atoms with E-state index in [2.05, 4.69) is 36.3 Å². The first-order chi connectivity index (χ1) is 13.5. The fourth-order valence-corrected chi connectivity index (χ4v) is 3.56. The number of amides is 1. The molecule has 2 aromatic carbocycles. The number of nitrogens with zero attached hydrogens (tertiary/aromatic N) is 1. The average Bonchev–Trinajstić information content (AvgIpc) is 3.16. The maximum Gasteiger partial charge on any atom is 0.230 e. The number of anilines is 1. The van der Waals surface area contributed by atoms with Gasteiger partial charge in [-0.15, -0.1) is 11.3 Å². The molecule has 0 spiro atoms. The highest BCUT2D eigenvalue weighted by Gasteiger charge is 2.11. The van der Waals surface area contributed by atoms with Gasteiger partial charge in [0.1, 0.15) is 0 Å². The summed E-state index contributed by atoms with van der Waals surface area (Å²) in [6.45, 7) is 4.31. The first kappa shape index (κ1) is 19.9. The second-order valence-electron chi connectivity index (χ2n) is 6.73. The molecule has 0 aliphatic rings. The number of carbonyl (C=O) groups excluding carboxylic acids is 1. The lowest BCUT2D eigenvalue weighted by molar-refractivity contribution is -0.115. The van der Waals surface area contributed by atoms with E-state index in [9.17, 15) is 4.79 Å². The van der Waals surface area contributed by atoms with Crippen molar-refractivity contribution < 1.29 is 14.3 Å². The highest BCUT2D eigenvalue weighted by atomic mass is 32.1. The standard InChI is InChI=1S/C22H24N2O3S/c1-14(2)16-7-5-15(6-8-16)11-21(25)24-22-23-18(13-28-22)17-9-10-19(26-3)20(12-17)27-4/h5-10,12-14H,11H2,1-4H3,(H,23,24,25). The molecule has 0 saturated carbocycles. The van der Waals surface area contributed by atoms with Crippen molar-refractivity contribution in [1.29, 1.82) is 0 Å². The molecular formula is C22H24N2O3S. The second-order valence-corrected chi connectivity index (χ2v) is 7.59. The molecule has 3 aromatic rings. The number of thiazole rings is 1. The van der Waals surface area contributed by atoms with E-state index < -0.39 is 0 Å². The molecule has 146 valence electrons. The summed E-state index contributed by atoms with van der Waals surface area (Å²) in [5, 5.41) is 5.37. The van der Waals surface area contributed by atoms with Crippen molar-refractivity contribution in [3.63, 3.8) is 0 Å². The van der Waals surface area contributed by atoms with Crippen LogP contribution in [0.1, 0.15) is 30.9 Å². The largest absolute Gasteiger partial charge is 0.493 e. The Hall–Kier alpha value is -2.86. The van der Waals surface area contributed by atoms with Crippen molar-refractivity contribution in [2.45, 2.75) is 26.2 Å². The molecule has 1 heterocycles. The number of ether oxygens (including phenoxy) is 2. The Morgan fingerprint density at radius 1 is 1.07 bits per heavy atom. The molecule has 5 nitrogen and oxygen atoms in total. The van der Waals surface area contributed by atoms with Gasteiger partial charge in [0.25, 0.3) is 0 Å². The molecule has 1 amide bonds. The number of methoxy groups -OCH3 is 2. The lowest BCUT2D eigenvalue weighted by atomic mass is 10.0. The zero-order chi connectivity index (χ0) is 20.1. The van der Waals surface area contributed by atoms with Crippen LogP contribution in [0, 0.1) is 0 Å². The first-order valence-electron chi connectivity index (χ1n) is 9.06. The average molecular weight is 397 g/mol. The van der Waals surface area contributed by atoms with Gasteiger partial charge < -0.3 is 14.8 Å². The Balaban J connectivity index is 1.66. The lowest BCUT2D eigenvalue weighted by Gasteiger charge is -2.08. The summed E-state index contributed by atoms with van der Waals surface area (Å²) >= 11 is 1.40. The van der Waals surface area contributed by atoms with Gasteiger partial charge in [-0.1, -0.05) is 38.1 Å². The van der Waals surface area contributed by atoms with Gasteiger partial charge in [-0.3, -0.25) is 4.79 Å². The summed E-state index contributed by atoms with van der Waals surface area (Å²) in [7, 11) is 3.20. The van der Waals surface area contributed by atoms with E-state index in [1.165, 1.54) is 16.9 Å². The van der Waals surface area contributed by atoms with Crippen LogP contribution in [0.2, 0.25) is 0 Å². The van der Waals surface area contributed by atoms with E-state index in [4.69, 9.17) is 9.47 Å². The van der Waals surface area contributed by atoms with E-state index in [-0.39, 0.29) is 5.91 Å². The molecule has 0 aliphatic carbocycles. The number of aromatic nitrogens is 1. The van der Waals surface area contributed by atoms with E-state index in [0.717, 1.165) is 16.8 Å². The molecule has 1 aromatic heterocycles. The number of nitrogens with one attached hydrogen (secondary N) is 1. The molecule has 0 radical (unpaired) electrons. The number of hydrogen-bond acceptors (Lipinski definition) is 5. The van der Waals surface area contributed by atoms with Crippen LogP contribution in [0.5, 0.6) is 11.5 Å². The molecule has 0 aliphatic heterocycles. The predicted octanol–water partition coefficient (Wildman–Crippen LogP) is 5.13. The van der Waals surface area contributed by atoms with Crippen molar-refractivity contribution in [1.82, 2.24) is 4.98 Å². The Morgan fingerprint density at radius 3 is 2.43 bits per heavy atom. The van der Waals surface area contributed by atoms with Gasteiger partial charge in [-0.05, 0) is 35.2 Å². The summed E-state index contributed by atoms with van der Waals surface area (Å²) in [5.41, 5.74) is 3.93. The Labute approximate surface area is 169 Å². The van der Waals surface area contributed by atoms with Gasteiger partial charge >= 0.3 is 0 Å². The molecular weight excluding hydrogens is 372 g/mol. The smallest absolute Gasteiger partial charge is 0.230 e. The minimum absolute atomic E-state index is 0.0782. The molecule has 1 N–H and O–H groups in total. The highest BCUT2D eigenvalue weighted by molar-refractivity contribution is 7.14. The Bertz CT molecular complexity index is 949. The lowest BCUT2D eigenvalue weighted by Crippen LogP contribution is -2.14. The molecule has 0 saturated heterocycles. The third-order valence-corrected chi connectivity index (χ3v) is 5.20. The van der Waals surface area contributed by atoms with Gasteiger partial charge in [0, 0.05) is 10.9 Å². The van der Waals surface area contributed by atoms with Crippen molar-refractivity contribution in [3.8, 4) is 22.8 Å². The van der Waals surface area contributed by atoms with Crippen LogP contribution in [0.4, 0.5) is 5.13 Å². The van der Waals surface area contributed by atoms with E-state index in [0.29, 0.717) is 29.0 Å². The summed E-state index contributed by atoms with van der Waals surface area (Å²) in [6, 6.07) is 13.8. The monoisotopic (exact) mass is 396 g/mol. The third kappa shape index (κ3) is 4.70. The number of benzene rings is 2. The zero-order valence-electron chi connectivity index (χ0n) is 16.5.